The first-order valence-electron chi connectivity index (χ1n) is 7.56. The molecule has 1 heterocycles. The Labute approximate surface area is 117 Å². The van der Waals surface area contributed by atoms with Crippen molar-refractivity contribution in [2.45, 2.75) is 45.6 Å². The Morgan fingerprint density at radius 2 is 2.11 bits per heavy atom. The molecule has 0 spiro atoms. The molecule has 1 aliphatic rings. The number of likely N-dealkylation sites (N-methyl/N-ethyl adjacent to an activating group) is 1. The number of carbonyl (C=O) groups is 1. The lowest BCUT2D eigenvalue weighted by atomic mass is 9.89. The van der Waals surface area contributed by atoms with E-state index in [2.05, 4.69) is 24.1 Å². The summed E-state index contributed by atoms with van der Waals surface area (Å²) >= 11 is 0. The van der Waals surface area contributed by atoms with Crippen LogP contribution >= 0.6 is 0 Å². The molecule has 0 aromatic rings. The number of hydrogen-bond acceptors (Lipinski definition) is 4. The van der Waals surface area contributed by atoms with Gasteiger partial charge in [-0.2, -0.15) is 0 Å². The van der Waals surface area contributed by atoms with E-state index < -0.39 is 0 Å². The number of methoxy groups -OCH3 is 1. The Morgan fingerprint density at radius 1 is 1.37 bits per heavy atom. The first kappa shape index (κ1) is 16.4. The van der Waals surface area contributed by atoms with Gasteiger partial charge in [-0.25, -0.2) is 0 Å². The smallest absolute Gasteiger partial charge is 0.322 e. The average Bonchev–Trinajstić information content (AvgIpc) is 2.64. The molecule has 4 heteroatoms. The van der Waals surface area contributed by atoms with E-state index in [0.29, 0.717) is 0 Å². The van der Waals surface area contributed by atoms with E-state index in [1.807, 2.05) is 7.05 Å². The first-order chi connectivity index (χ1) is 9.08. The van der Waals surface area contributed by atoms with Crippen LogP contribution in [0.15, 0.2) is 0 Å². The number of ether oxygens (including phenoxy) is 1. The van der Waals surface area contributed by atoms with E-state index in [-0.39, 0.29) is 12.0 Å². The van der Waals surface area contributed by atoms with Crippen molar-refractivity contribution in [1.29, 1.82) is 0 Å². The van der Waals surface area contributed by atoms with Gasteiger partial charge in [-0.1, -0.05) is 13.8 Å². The van der Waals surface area contributed by atoms with Crippen LogP contribution < -0.4 is 5.32 Å². The molecular formula is C15H30N2O2. The third-order valence-electron chi connectivity index (χ3n) is 4.38. The van der Waals surface area contributed by atoms with Crippen LogP contribution in [0.4, 0.5) is 0 Å². The highest BCUT2D eigenvalue weighted by Gasteiger charge is 2.21. The number of nitrogens with zero attached hydrogens (tertiary/aromatic N) is 1. The van der Waals surface area contributed by atoms with Crippen molar-refractivity contribution >= 4 is 5.97 Å². The van der Waals surface area contributed by atoms with E-state index in [4.69, 9.17) is 4.74 Å². The molecule has 0 aromatic heterocycles. The van der Waals surface area contributed by atoms with Crippen LogP contribution in [0.3, 0.4) is 0 Å². The Kier molecular flexibility index (Phi) is 7.39. The predicted octanol–water partition coefficient (Wildman–Crippen LogP) is 1.90. The lowest BCUT2D eigenvalue weighted by Gasteiger charge is -2.23. The van der Waals surface area contributed by atoms with Gasteiger partial charge in [-0.15, -0.1) is 0 Å². The van der Waals surface area contributed by atoms with Crippen LogP contribution in [0.25, 0.3) is 0 Å². The summed E-state index contributed by atoms with van der Waals surface area (Å²) in [4.78, 5) is 14.0. The molecule has 0 bridgehead atoms. The van der Waals surface area contributed by atoms with Crippen molar-refractivity contribution in [2.24, 2.45) is 11.8 Å². The van der Waals surface area contributed by atoms with Gasteiger partial charge in [0, 0.05) is 6.54 Å². The second kappa shape index (κ2) is 8.54. The molecule has 4 nitrogen and oxygen atoms in total. The second-order valence-electron chi connectivity index (χ2n) is 5.93. The quantitative estimate of drug-likeness (QED) is 0.749. The molecule has 1 N–H and O–H groups in total. The van der Waals surface area contributed by atoms with Crippen LogP contribution in [0.5, 0.6) is 0 Å². The van der Waals surface area contributed by atoms with Crippen molar-refractivity contribution < 1.29 is 9.53 Å². The molecule has 0 aliphatic carbocycles. The Bertz CT molecular complexity index is 269. The van der Waals surface area contributed by atoms with Gasteiger partial charge < -0.3 is 15.0 Å². The van der Waals surface area contributed by atoms with Crippen LogP contribution in [0.2, 0.25) is 0 Å². The van der Waals surface area contributed by atoms with Gasteiger partial charge in [0.2, 0.25) is 0 Å². The zero-order chi connectivity index (χ0) is 14.3. The van der Waals surface area contributed by atoms with Crippen molar-refractivity contribution in [2.75, 3.05) is 33.8 Å². The zero-order valence-corrected chi connectivity index (χ0v) is 12.9. The van der Waals surface area contributed by atoms with Gasteiger partial charge in [0.1, 0.15) is 6.04 Å². The third kappa shape index (κ3) is 5.49. The highest BCUT2D eigenvalue weighted by molar-refractivity contribution is 5.75. The first-order valence-corrected chi connectivity index (χ1v) is 7.56. The summed E-state index contributed by atoms with van der Waals surface area (Å²) < 4.78 is 4.80. The number of carbonyl (C=O) groups excluding carboxylic acids is 1. The maximum atomic E-state index is 11.5. The fraction of sp³-hybridized carbons (Fsp3) is 0.933. The molecule has 112 valence electrons. The fourth-order valence-electron chi connectivity index (χ4n) is 2.91. The largest absolute Gasteiger partial charge is 0.468 e. The van der Waals surface area contributed by atoms with Gasteiger partial charge >= 0.3 is 5.97 Å². The van der Waals surface area contributed by atoms with Gasteiger partial charge in [-0.3, -0.25) is 4.79 Å². The molecule has 1 aliphatic heterocycles. The number of hydrogen-bond donors (Lipinski definition) is 1. The number of nitrogens with one attached hydrogen (secondary N) is 1. The van der Waals surface area contributed by atoms with Crippen LogP contribution in [0, 0.1) is 11.8 Å². The van der Waals surface area contributed by atoms with Crippen molar-refractivity contribution in [3.63, 3.8) is 0 Å². The molecular weight excluding hydrogens is 240 g/mol. The standard InChI is InChI=1S/C15H30N2O2/c1-12(2)13-6-5-9-17(10-7-13)11-8-14(16-3)15(18)19-4/h12-14,16H,5-11H2,1-4H3. The molecule has 2 unspecified atom stereocenters. The SMILES string of the molecule is CNC(CCN1CCCC(C(C)C)CC1)C(=O)OC. The molecule has 1 rings (SSSR count). The summed E-state index contributed by atoms with van der Waals surface area (Å²) in [6.45, 7) is 7.97. The topological polar surface area (TPSA) is 41.6 Å². The highest BCUT2D eigenvalue weighted by atomic mass is 16.5. The molecule has 0 amide bonds. The summed E-state index contributed by atoms with van der Waals surface area (Å²) in [5.74, 6) is 1.50. The van der Waals surface area contributed by atoms with E-state index in [1.54, 1.807) is 0 Å². The predicted molar refractivity (Wildman–Crippen MR) is 78.1 cm³/mol. The Balaban J connectivity index is 2.35. The Morgan fingerprint density at radius 3 is 2.68 bits per heavy atom. The molecule has 1 saturated heterocycles. The number of likely N-dealkylation sites (tertiary alicyclic amines) is 1. The van der Waals surface area contributed by atoms with E-state index in [0.717, 1.165) is 24.8 Å². The molecule has 0 saturated carbocycles. The monoisotopic (exact) mass is 270 g/mol. The lowest BCUT2D eigenvalue weighted by Crippen LogP contribution is -2.39. The lowest BCUT2D eigenvalue weighted by molar-refractivity contribution is -0.143. The normalized spacial score (nSPS) is 23.1. The van der Waals surface area contributed by atoms with Crippen LogP contribution in [0.1, 0.15) is 39.5 Å². The summed E-state index contributed by atoms with van der Waals surface area (Å²) in [6.07, 6.45) is 4.75. The van der Waals surface area contributed by atoms with E-state index in [9.17, 15) is 4.79 Å². The van der Waals surface area contributed by atoms with Crippen molar-refractivity contribution in [3.8, 4) is 0 Å². The minimum Gasteiger partial charge on any atom is -0.468 e. The minimum atomic E-state index is -0.172. The van der Waals surface area contributed by atoms with Crippen molar-refractivity contribution in [1.82, 2.24) is 10.2 Å². The maximum absolute atomic E-state index is 11.5. The summed E-state index contributed by atoms with van der Waals surface area (Å²) in [6, 6.07) is -0.172. The average molecular weight is 270 g/mol. The van der Waals surface area contributed by atoms with E-state index >= 15 is 0 Å². The molecule has 2 atom stereocenters. The van der Waals surface area contributed by atoms with Gasteiger partial charge in [0.05, 0.1) is 7.11 Å². The van der Waals surface area contributed by atoms with Crippen molar-refractivity contribution in [3.05, 3.63) is 0 Å². The molecule has 0 aromatic carbocycles. The van der Waals surface area contributed by atoms with Gasteiger partial charge in [0.15, 0.2) is 0 Å². The second-order valence-corrected chi connectivity index (χ2v) is 5.93. The number of rotatable bonds is 6. The molecule has 0 radical (unpaired) electrons. The van der Waals surface area contributed by atoms with Crippen LogP contribution in [-0.4, -0.2) is 50.7 Å². The summed E-state index contributed by atoms with van der Waals surface area (Å²) in [7, 11) is 3.27. The summed E-state index contributed by atoms with van der Waals surface area (Å²) in [5.41, 5.74) is 0. The minimum absolute atomic E-state index is 0.155. The molecule has 19 heavy (non-hydrogen) atoms. The summed E-state index contributed by atoms with van der Waals surface area (Å²) in [5, 5.41) is 3.03. The van der Waals surface area contributed by atoms with Crippen LogP contribution in [-0.2, 0) is 9.53 Å². The Hall–Kier alpha value is -0.610. The maximum Gasteiger partial charge on any atom is 0.322 e. The zero-order valence-electron chi connectivity index (χ0n) is 12.9. The van der Waals surface area contributed by atoms with Gasteiger partial charge in [0.25, 0.3) is 0 Å². The number of esters is 1. The fourth-order valence-corrected chi connectivity index (χ4v) is 2.91. The van der Waals surface area contributed by atoms with Gasteiger partial charge in [-0.05, 0) is 57.7 Å². The highest BCUT2D eigenvalue weighted by Crippen LogP contribution is 2.24. The third-order valence-corrected chi connectivity index (χ3v) is 4.38. The molecule has 1 fully saturated rings. The van der Waals surface area contributed by atoms with E-state index in [1.165, 1.54) is 39.5 Å².